The lowest BCUT2D eigenvalue weighted by Gasteiger charge is -2.18. The molecule has 5 nitrogen and oxygen atoms in total. The summed E-state index contributed by atoms with van der Waals surface area (Å²) in [5.74, 6) is 0.719. The molecule has 6 heteroatoms. The molecule has 0 bridgehead atoms. The second-order valence-corrected chi connectivity index (χ2v) is 8.34. The molecule has 0 radical (unpaired) electrons. The van der Waals surface area contributed by atoms with E-state index in [1.54, 1.807) is 41.5 Å². The van der Waals surface area contributed by atoms with Crippen molar-refractivity contribution in [3.05, 3.63) is 82.6 Å². The van der Waals surface area contributed by atoms with Crippen molar-refractivity contribution in [3.63, 3.8) is 0 Å². The van der Waals surface area contributed by atoms with Crippen molar-refractivity contribution in [2.45, 2.75) is 25.7 Å². The molecule has 2 amide bonds. The van der Waals surface area contributed by atoms with Crippen LogP contribution in [0.4, 0.5) is 5.69 Å². The third-order valence-corrected chi connectivity index (χ3v) is 5.73. The smallest absolute Gasteiger partial charge is 0.253 e. The summed E-state index contributed by atoms with van der Waals surface area (Å²) in [6, 6.07) is 20.8. The minimum atomic E-state index is -0.0755. The third-order valence-electron chi connectivity index (χ3n) is 4.80. The standard InChI is InChI=1S/C25H28N2O3S/c1-27(16-8-17-30-22-11-3-2-4-12-22)25(29)20-9-5-10-21(19-20)26-24(28)15-6-13-23-14-7-18-31-23/h2-5,7,9-12,14,18-19H,6,8,13,15-17H2,1H3,(H,26,28). The van der Waals surface area contributed by atoms with Crippen LogP contribution in [0.25, 0.3) is 0 Å². The van der Waals surface area contributed by atoms with Crippen molar-refractivity contribution >= 4 is 28.8 Å². The molecule has 1 aromatic heterocycles. The summed E-state index contributed by atoms with van der Waals surface area (Å²) >= 11 is 1.71. The minimum Gasteiger partial charge on any atom is -0.494 e. The molecule has 31 heavy (non-hydrogen) atoms. The largest absolute Gasteiger partial charge is 0.494 e. The van der Waals surface area contributed by atoms with Crippen molar-refractivity contribution in [1.29, 1.82) is 0 Å². The topological polar surface area (TPSA) is 58.6 Å². The summed E-state index contributed by atoms with van der Waals surface area (Å²) in [6.07, 6.45) is 2.90. The highest BCUT2D eigenvalue weighted by atomic mass is 32.1. The fraction of sp³-hybridized carbons (Fsp3) is 0.280. The average Bonchev–Trinajstić information content (AvgIpc) is 3.30. The lowest BCUT2D eigenvalue weighted by molar-refractivity contribution is -0.116. The predicted octanol–water partition coefficient (Wildman–Crippen LogP) is 5.25. The van der Waals surface area contributed by atoms with E-state index in [-0.39, 0.29) is 11.8 Å². The molecule has 0 aliphatic heterocycles. The Kier molecular flexibility index (Phi) is 8.67. The van der Waals surface area contributed by atoms with Crippen LogP contribution in [0.1, 0.15) is 34.5 Å². The van der Waals surface area contributed by atoms with Gasteiger partial charge in [0.25, 0.3) is 5.91 Å². The number of ether oxygens (including phenoxy) is 1. The van der Waals surface area contributed by atoms with E-state index >= 15 is 0 Å². The van der Waals surface area contributed by atoms with Crippen molar-refractivity contribution in [2.75, 3.05) is 25.5 Å². The molecule has 0 aliphatic rings. The summed E-state index contributed by atoms with van der Waals surface area (Å²) in [5, 5.41) is 4.95. The number of thiophene rings is 1. The normalized spacial score (nSPS) is 10.5. The molecule has 0 atom stereocenters. The predicted molar refractivity (Wildman–Crippen MR) is 126 cm³/mol. The zero-order valence-corrected chi connectivity index (χ0v) is 18.6. The molecule has 0 saturated carbocycles. The number of carbonyl (C=O) groups excluding carboxylic acids is 2. The fourth-order valence-electron chi connectivity index (χ4n) is 3.16. The van der Waals surface area contributed by atoms with E-state index in [1.807, 2.05) is 47.8 Å². The van der Waals surface area contributed by atoms with Crippen LogP contribution >= 0.6 is 11.3 Å². The molecule has 0 saturated heterocycles. The monoisotopic (exact) mass is 436 g/mol. The van der Waals surface area contributed by atoms with Crippen molar-refractivity contribution < 1.29 is 14.3 Å². The van der Waals surface area contributed by atoms with E-state index in [9.17, 15) is 9.59 Å². The van der Waals surface area contributed by atoms with Gasteiger partial charge in [-0.1, -0.05) is 30.3 Å². The van der Waals surface area contributed by atoms with Crippen LogP contribution < -0.4 is 10.1 Å². The summed E-state index contributed by atoms with van der Waals surface area (Å²) in [7, 11) is 1.78. The fourth-order valence-corrected chi connectivity index (χ4v) is 3.91. The Morgan fingerprint density at radius 3 is 2.61 bits per heavy atom. The van der Waals surface area contributed by atoms with Crippen molar-refractivity contribution in [1.82, 2.24) is 4.90 Å². The van der Waals surface area contributed by atoms with E-state index in [4.69, 9.17) is 4.74 Å². The number of carbonyl (C=O) groups is 2. The quantitative estimate of drug-likeness (QED) is 0.418. The summed E-state index contributed by atoms with van der Waals surface area (Å²) < 4.78 is 5.68. The highest BCUT2D eigenvalue weighted by Gasteiger charge is 2.13. The summed E-state index contributed by atoms with van der Waals surface area (Å²) in [4.78, 5) is 27.9. The lowest BCUT2D eigenvalue weighted by atomic mass is 10.1. The number of hydrogen-bond acceptors (Lipinski definition) is 4. The maximum Gasteiger partial charge on any atom is 0.253 e. The SMILES string of the molecule is CN(CCCOc1ccccc1)C(=O)c1cccc(NC(=O)CCCc2cccs2)c1. The third kappa shape index (κ3) is 7.57. The first kappa shape index (κ1) is 22.6. The van der Waals surface area contributed by atoms with Gasteiger partial charge in [0.05, 0.1) is 6.61 Å². The van der Waals surface area contributed by atoms with Gasteiger partial charge in [0.15, 0.2) is 0 Å². The van der Waals surface area contributed by atoms with E-state index < -0.39 is 0 Å². The Hall–Kier alpha value is -3.12. The van der Waals surface area contributed by atoms with Crippen molar-refractivity contribution in [2.24, 2.45) is 0 Å². The van der Waals surface area contributed by atoms with Crippen LogP contribution in [0, 0.1) is 0 Å². The Labute approximate surface area is 187 Å². The van der Waals surface area contributed by atoms with Gasteiger partial charge in [0.2, 0.25) is 5.91 Å². The summed E-state index contributed by atoms with van der Waals surface area (Å²) in [5.41, 5.74) is 1.20. The van der Waals surface area contributed by atoms with Gasteiger partial charge in [0.1, 0.15) is 5.75 Å². The molecule has 162 valence electrons. The van der Waals surface area contributed by atoms with E-state index in [0.717, 1.165) is 25.0 Å². The van der Waals surface area contributed by atoms with Crippen LogP contribution in [-0.4, -0.2) is 36.9 Å². The molecule has 3 rings (SSSR count). The van der Waals surface area contributed by atoms with Gasteiger partial charge < -0.3 is 15.0 Å². The van der Waals surface area contributed by atoms with E-state index in [1.165, 1.54) is 4.88 Å². The van der Waals surface area contributed by atoms with E-state index in [2.05, 4.69) is 11.4 Å². The molecular weight excluding hydrogens is 408 g/mol. The second kappa shape index (κ2) is 11.9. The van der Waals surface area contributed by atoms with Gasteiger partial charge in [0, 0.05) is 36.1 Å². The molecule has 0 spiro atoms. The highest BCUT2D eigenvalue weighted by Crippen LogP contribution is 2.15. The maximum atomic E-state index is 12.7. The minimum absolute atomic E-state index is 0.0347. The number of anilines is 1. The van der Waals surface area contributed by atoms with Gasteiger partial charge in [-0.25, -0.2) is 0 Å². The number of amides is 2. The van der Waals surface area contributed by atoms with E-state index in [0.29, 0.717) is 30.8 Å². The zero-order chi connectivity index (χ0) is 21.9. The Bertz CT molecular complexity index is 958. The number of benzene rings is 2. The number of para-hydroxylation sites is 1. The highest BCUT2D eigenvalue weighted by molar-refractivity contribution is 7.09. The second-order valence-electron chi connectivity index (χ2n) is 7.30. The first-order valence-electron chi connectivity index (χ1n) is 10.5. The number of nitrogens with zero attached hydrogens (tertiary/aromatic N) is 1. The Morgan fingerprint density at radius 1 is 1.00 bits per heavy atom. The Morgan fingerprint density at radius 2 is 1.84 bits per heavy atom. The van der Waals surface area contributed by atoms with Gasteiger partial charge >= 0.3 is 0 Å². The molecule has 0 aliphatic carbocycles. The molecule has 3 aromatic rings. The molecule has 1 heterocycles. The van der Waals surface area contributed by atoms with Crippen LogP contribution in [0.3, 0.4) is 0 Å². The number of hydrogen-bond donors (Lipinski definition) is 1. The first-order chi connectivity index (χ1) is 15.1. The van der Waals surface area contributed by atoms with Gasteiger partial charge in [-0.2, -0.15) is 0 Å². The number of rotatable bonds is 11. The lowest BCUT2D eigenvalue weighted by Crippen LogP contribution is -2.28. The summed E-state index contributed by atoms with van der Waals surface area (Å²) in [6.45, 7) is 1.13. The van der Waals surface area contributed by atoms with Gasteiger partial charge in [-0.3, -0.25) is 9.59 Å². The molecule has 0 unspecified atom stereocenters. The molecule has 0 fully saturated rings. The molecule has 2 aromatic carbocycles. The van der Waals surface area contributed by atoms with Crippen molar-refractivity contribution in [3.8, 4) is 5.75 Å². The maximum absolute atomic E-state index is 12.7. The average molecular weight is 437 g/mol. The first-order valence-corrected chi connectivity index (χ1v) is 11.4. The number of aryl methyl sites for hydroxylation is 1. The molecule has 1 N–H and O–H groups in total. The van der Waals surface area contributed by atoms with Crippen LogP contribution in [-0.2, 0) is 11.2 Å². The van der Waals surface area contributed by atoms with Crippen LogP contribution in [0.2, 0.25) is 0 Å². The Balaban J connectivity index is 1.42. The van der Waals surface area contributed by atoms with Crippen LogP contribution in [0.15, 0.2) is 72.1 Å². The number of nitrogens with one attached hydrogen (secondary N) is 1. The van der Waals surface area contributed by atoms with Crippen LogP contribution in [0.5, 0.6) is 5.75 Å². The molecular formula is C25H28N2O3S. The zero-order valence-electron chi connectivity index (χ0n) is 17.8. The van der Waals surface area contributed by atoms with Gasteiger partial charge in [-0.05, 0) is 61.0 Å². The van der Waals surface area contributed by atoms with Gasteiger partial charge in [-0.15, -0.1) is 11.3 Å².